The van der Waals surface area contributed by atoms with E-state index in [1.807, 2.05) is 4.57 Å². The van der Waals surface area contributed by atoms with E-state index in [-0.39, 0.29) is 11.2 Å². The molecule has 1 saturated carbocycles. The number of rotatable bonds is 3. The Hall–Kier alpha value is -2.07. The van der Waals surface area contributed by atoms with Crippen molar-refractivity contribution in [2.45, 2.75) is 51.2 Å². The normalized spacial score (nSPS) is 20.2. The summed E-state index contributed by atoms with van der Waals surface area (Å²) < 4.78 is 2.02. The fourth-order valence-corrected chi connectivity index (χ4v) is 4.59. The van der Waals surface area contributed by atoms with Gasteiger partial charge in [0.1, 0.15) is 0 Å². The first-order valence-corrected chi connectivity index (χ1v) is 9.44. The number of hydrogen-bond donors (Lipinski definition) is 1. The summed E-state index contributed by atoms with van der Waals surface area (Å²) in [5, 5.41) is 9.69. The minimum absolute atomic E-state index is 0.149. The van der Waals surface area contributed by atoms with Crippen LogP contribution in [0, 0.1) is 5.92 Å². The quantitative estimate of drug-likeness (QED) is 0.928. The highest BCUT2D eigenvalue weighted by Crippen LogP contribution is 2.39. The van der Waals surface area contributed by atoms with Crippen LogP contribution in [-0.2, 0) is 13.1 Å². The summed E-state index contributed by atoms with van der Waals surface area (Å²) in [5.41, 5.74) is 2.12. The lowest BCUT2D eigenvalue weighted by molar-refractivity contribution is 0.0890. The predicted molar refractivity (Wildman–Crippen MR) is 98.5 cm³/mol. The van der Waals surface area contributed by atoms with Crippen LogP contribution in [0.25, 0.3) is 0 Å². The lowest BCUT2D eigenvalue weighted by atomic mass is 9.80. The second-order valence-corrected chi connectivity index (χ2v) is 7.43. The second-order valence-electron chi connectivity index (χ2n) is 7.43. The summed E-state index contributed by atoms with van der Waals surface area (Å²) in [7, 11) is 0. The van der Waals surface area contributed by atoms with E-state index in [0.29, 0.717) is 12.0 Å². The van der Waals surface area contributed by atoms with Crippen LogP contribution in [0.4, 0.5) is 0 Å². The van der Waals surface area contributed by atoms with Gasteiger partial charge in [0.2, 0.25) is 5.43 Å². The molecule has 25 heavy (non-hydrogen) atoms. The zero-order valence-corrected chi connectivity index (χ0v) is 14.6. The molecule has 2 heterocycles. The number of benzene rings is 1. The third kappa shape index (κ3) is 3.36. The number of pyridine rings is 1. The number of fused-ring (bicyclic) bond motifs is 1. The van der Waals surface area contributed by atoms with Crippen LogP contribution in [0.2, 0.25) is 0 Å². The topological polar surface area (TPSA) is 45.5 Å². The second kappa shape index (κ2) is 7.04. The van der Waals surface area contributed by atoms with Crippen LogP contribution < -0.4 is 5.43 Å². The summed E-state index contributed by atoms with van der Waals surface area (Å²) >= 11 is 0. The van der Waals surface area contributed by atoms with Gasteiger partial charge in [-0.05, 0) is 24.3 Å². The number of aromatic hydroxyl groups is 1. The van der Waals surface area contributed by atoms with E-state index in [9.17, 15) is 9.90 Å². The van der Waals surface area contributed by atoms with Crippen molar-refractivity contribution in [2.75, 3.05) is 6.54 Å². The van der Waals surface area contributed by atoms with E-state index in [2.05, 4.69) is 35.2 Å². The highest BCUT2D eigenvalue weighted by atomic mass is 16.3. The molecule has 1 fully saturated rings. The van der Waals surface area contributed by atoms with Gasteiger partial charge in [-0.3, -0.25) is 9.69 Å². The fraction of sp³-hybridized carbons (Fsp3) is 0.476. The smallest absolute Gasteiger partial charge is 0.223 e. The molecule has 4 rings (SSSR count). The molecule has 0 spiro atoms. The van der Waals surface area contributed by atoms with E-state index >= 15 is 0 Å². The van der Waals surface area contributed by atoms with Crippen LogP contribution >= 0.6 is 0 Å². The molecule has 2 aliphatic rings. The highest BCUT2D eigenvalue weighted by molar-refractivity contribution is 5.24. The maximum atomic E-state index is 11.9. The van der Waals surface area contributed by atoms with Gasteiger partial charge >= 0.3 is 0 Å². The molecule has 0 saturated heterocycles. The van der Waals surface area contributed by atoms with E-state index in [1.54, 1.807) is 12.3 Å². The lowest BCUT2D eigenvalue weighted by Crippen LogP contribution is -2.41. The Kier molecular flexibility index (Phi) is 4.62. The first-order chi connectivity index (χ1) is 12.2. The number of aromatic nitrogens is 1. The van der Waals surface area contributed by atoms with E-state index in [4.69, 9.17) is 0 Å². The van der Waals surface area contributed by atoms with E-state index < -0.39 is 0 Å². The molecule has 1 aromatic carbocycles. The average Bonchev–Trinajstić information content (AvgIpc) is 2.65. The molecule has 1 atom stereocenters. The Morgan fingerprint density at radius 1 is 1.04 bits per heavy atom. The molecular weight excluding hydrogens is 312 g/mol. The van der Waals surface area contributed by atoms with Gasteiger partial charge in [-0.15, -0.1) is 0 Å². The predicted octanol–water partition coefficient (Wildman–Crippen LogP) is 3.69. The first-order valence-electron chi connectivity index (χ1n) is 9.44. The Labute approximate surface area is 148 Å². The van der Waals surface area contributed by atoms with Crippen LogP contribution in [0.15, 0.2) is 47.4 Å². The molecule has 2 aromatic rings. The van der Waals surface area contributed by atoms with Gasteiger partial charge in [0.05, 0.1) is 6.20 Å². The van der Waals surface area contributed by atoms with Crippen molar-refractivity contribution in [3.05, 3.63) is 64.1 Å². The molecule has 1 unspecified atom stereocenters. The van der Waals surface area contributed by atoms with Gasteiger partial charge in [-0.2, -0.15) is 0 Å². The molecular formula is C21H26N2O2. The molecule has 1 aliphatic heterocycles. The van der Waals surface area contributed by atoms with Gasteiger partial charge in [0.25, 0.3) is 0 Å². The molecule has 132 valence electrons. The maximum Gasteiger partial charge on any atom is 0.223 e. The lowest BCUT2D eigenvalue weighted by Gasteiger charge is -2.42. The van der Waals surface area contributed by atoms with Gasteiger partial charge in [0.15, 0.2) is 5.75 Å². The average molecular weight is 338 g/mol. The summed E-state index contributed by atoms with van der Waals surface area (Å²) in [4.78, 5) is 14.4. The van der Waals surface area contributed by atoms with Gasteiger partial charge in [-0.1, -0.05) is 49.6 Å². The van der Waals surface area contributed by atoms with Crippen molar-refractivity contribution in [2.24, 2.45) is 5.92 Å². The summed E-state index contributed by atoms with van der Waals surface area (Å²) in [6.07, 6.45) is 8.18. The molecule has 0 bridgehead atoms. The molecule has 0 amide bonds. The standard InChI is InChI=1S/C21H26N2O2/c24-19-13-18-14-23(12-11-22(18)15-20(19)25)21(16-7-3-1-4-8-16)17-9-5-2-6-10-17/h1,3-4,7-8,13,15,17,21,25H,2,5-6,9-12,14H2. The Morgan fingerprint density at radius 3 is 2.56 bits per heavy atom. The van der Waals surface area contributed by atoms with Crippen molar-refractivity contribution < 1.29 is 5.11 Å². The molecule has 4 heteroatoms. The monoisotopic (exact) mass is 338 g/mol. The molecule has 4 nitrogen and oxygen atoms in total. The third-order valence-corrected chi connectivity index (χ3v) is 5.82. The van der Waals surface area contributed by atoms with Crippen LogP contribution in [0.5, 0.6) is 5.75 Å². The van der Waals surface area contributed by atoms with Crippen LogP contribution in [0.3, 0.4) is 0 Å². The van der Waals surface area contributed by atoms with Gasteiger partial charge in [0, 0.05) is 37.4 Å². The van der Waals surface area contributed by atoms with E-state index in [0.717, 1.165) is 25.3 Å². The summed E-state index contributed by atoms with van der Waals surface area (Å²) in [6.45, 7) is 2.54. The van der Waals surface area contributed by atoms with Crippen LogP contribution in [-0.4, -0.2) is 21.1 Å². The molecule has 1 aliphatic carbocycles. The Morgan fingerprint density at radius 2 is 1.80 bits per heavy atom. The van der Waals surface area contributed by atoms with Crippen molar-refractivity contribution in [1.82, 2.24) is 9.47 Å². The largest absolute Gasteiger partial charge is 0.503 e. The zero-order chi connectivity index (χ0) is 17.2. The Bertz CT molecular complexity index is 778. The number of nitrogens with zero attached hydrogens (tertiary/aromatic N) is 2. The third-order valence-electron chi connectivity index (χ3n) is 5.82. The minimum Gasteiger partial charge on any atom is -0.503 e. The summed E-state index contributed by atoms with van der Waals surface area (Å²) in [6, 6.07) is 12.9. The molecule has 1 aromatic heterocycles. The van der Waals surface area contributed by atoms with Crippen molar-refractivity contribution >= 4 is 0 Å². The van der Waals surface area contributed by atoms with Gasteiger partial charge in [-0.25, -0.2) is 0 Å². The fourth-order valence-electron chi connectivity index (χ4n) is 4.59. The maximum absolute atomic E-state index is 11.9. The van der Waals surface area contributed by atoms with Crippen LogP contribution in [0.1, 0.15) is 49.4 Å². The van der Waals surface area contributed by atoms with Crippen molar-refractivity contribution in [3.63, 3.8) is 0 Å². The summed E-state index contributed by atoms with van der Waals surface area (Å²) in [5.74, 6) is 0.538. The SMILES string of the molecule is O=c1cc2n(cc1O)CCN(C(c1ccccc1)C1CCCCC1)C2. The minimum atomic E-state index is -0.276. The van der Waals surface area contributed by atoms with Gasteiger partial charge < -0.3 is 9.67 Å². The highest BCUT2D eigenvalue weighted by Gasteiger charge is 2.32. The molecule has 0 radical (unpaired) electrons. The van der Waals surface area contributed by atoms with E-state index in [1.165, 1.54) is 37.7 Å². The van der Waals surface area contributed by atoms with Crippen molar-refractivity contribution in [3.8, 4) is 5.75 Å². The number of hydrogen-bond acceptors (Lipinski definition) is 3. The Balaban J connectivity index is 1.65. The van der Waals surface area contributed by atoms with Crippen molar-refractivity contribution in [1.29, 1.82) is 0 Å². The molecule has 1 N–H and O–H groups in total. The zero-order valence-electron chi connectivity index (χ0n) is 14.6. The first kappa shape index (κ1) is 16.4.